The number of carboxylic acids is 1. The molecule has 0 radical (unpaired) electrons. The second-order valence-electron chi connectivity index (χ2n) is 9.11. The molecule has 0 fully saturated rings. The van der Waals surface area contributed by atoms with E-state index in [-0.39, 0.29) is 23.9 Å². The molecule has 3 rings (SSSR count). The number of hydrogen-bond donors (Lipinski definition) is 1. The topological polar surface area (TPSA) is 59.0 Å². The second-order valence-corrected chi connectivity index (χ2v) is 9.48. The van der Waals surface area contributed by atoms with Gasteiger partial charge < -0.3 is 14.6 Å². The molecule has 0 aromatic heterocycles. The molecule has 0 aliphatic heterocycles. The molecule has 0 aliphatic carbocycles. The summed E-state index contributed by atoms with van der Waals surface area (Å²) >= 11 is 6.19. The van der Waals surface area contributed by atoms with E-state index in [4.69, 9.17) is 26.2 Å². The molecule has 3 aromatic rings. The molecular formula is C29H31ClF3NO4. The predicted octanol–water partition coefficient (Wildman–Crippen LogP) is 7.07. The van der Waals surface area contributed by atoms with E-state index in [2.05, 4.69) is 11.8 Å². The first-order valence-corrected chi connectivity index (χ1v) is 12.6. The molecule has 5 nitrogen and oxygen atoms in total. The summed E-state index contributed by atoms with van der Waals surface area (Å²) < 4.78 is 51.3. The van der Waals surface area contributed by atoms with Crippen LogP contribution in [-0.4, -0.2) is 42.8 Å². The summed E-state index contributed by atoms with van der Waals surface area (Å²) in [6, 6.07) is 18.6. The Morgan fingerprint density at radius 1 is 1.05 bits per heavy atom. The number of halogens is 4. The minimum atomic E-state index is -4.53. The van der Waals surface area contributed by atoms with Crippen molar-refractivity contribution in [1.82, 2.24) is 4.90 Å². The van der Waals surface area contributed by atoms with Gasteiger partial charge in [0.05, 0.1) is 30.7 Å². The third-order valence-electron chi connectivity index (χ3n) is 6.14. The van der Waals surface area contributed by atoms with Crippen molar-refractivity contribution in [2.24, 2.45) is 0 Å². The van der Waals surface area contributed by atoms with Gasteiger partial charge in [0.2, 0.25) is 0 Å². The summed E-state index contributed by atoms with van der Waals surface area (Å²) in [5.41, 5.74) is 1.29. The lowest BCUT2D eigenvalue weighted by Crippen LogP contribution is -2.30. The Bertz CT molecular complexity index is 1200. The standard InChI is InChI=1S/C29H31ClF3NO4/c1-20(22-10-12-24(37-2)13-11-22)18-34(19-23-7-4-9-26(28(23)30)29(31,32)33)14-5-15-38-25-8-3-6-21(16-25)17-27(35)36/h3-4,6-13,16,20H,5,14-15,17-19H2,1-2H3,(H,35,36)/t20-/m1/s1. The van der Waals surface area contributed by atoms with E-state index in [1.807, 2.05) is 24.3 Å². The van der Waals surface area contributed by atoms with Crippen molar-refractivity contribution < 1.29 is 32.5 Å². The molecule has 0 spiro atoms. The fourth-order valence-corrected chi connectivity index (χ4v) is 4.51. The molecule has 0 aliphatic rings. The maximum Gasteiger partial charge on any atom is 0.417 e. The van der Waals surface area contributed by atoms with Crippen LogP contribution in [0.2, 0.25) is 5.02 Å². The number of carboxylic acid groups (broad SMARTS) is 1. The van der Waals surface area contributed by atoms with E-state index in [0.29, 0.717) is 43.0 Å². The summed E-state index contributed by atoms with van der Waals surface area (Å²) in [5.74, 6) is 0.497. The quantitative estimate of drug-likeness (QED) is 0.231. The van der Waals surface area contributed by atoms with Crippen molar-refractivity contribution in [3.8, 4) is 11.5 Å². The number of rotatable bonds is 13. The van der Waals surface area contributed by atoms with Crippen molar-refractivity contribution in [3.63, 3.8) is 0 Å². The average molecular weight is 550 g/mol. The van der Waals surface area contributed by atoms with Crippen LogP contribution < -0.4 is 9.47 Å². The fourth-order valence-electron chi connectivity index (χ4n) is 4.22. The van der Waals surface area contributed by atoms with Gasteiger partial charge in [-0.25, -0.2) is 0 Å². The monoisotopic (exact) mass is 549 g/mol. The molecule has 1 N–H and O–H groups in total. The average Bonchev–Trinajstić information content (AvgIpc) is 2.87. The van der Waals surface area contributed by atoms with Gasteiger partial charge in [0.15, 0.2) is 0 Å². The summed E-state index contributed by atoms with van der Waals surface area (Å²) in [7, 11) is 1.60. The van der Waals surface area contributed by atoms with Crippen LogP contribution in [0, 0.1) is 0 Å². The van der Waals surface area contributed by atoms with Crippen molar-refractivity contribution in [3.05, 3.63) is 94.0 Å². The van der Waals surface area contributed by atoms with Gasteiger partial charge in [0.25, 0.3) is 0 Å². The minimum absolute atomic E-state index is 0.0913. The van der Waals surface area contributed by atoms with Crippen LogP contribution in [0.4, 0.5) is 13.2 Å². The highest BCUT2D eigenvalue weighted by molar-refractivity contribution is 6.32. The maximum atomic E-state index is 13.4. The summed E-state index contributed by atoms with van der Waals surface area (Å²) in [4.78, 5) is 13.0. The molecule has 9 heteroatoms. The third kappa shape index (κ3) is 8.67. The van der Waals surface area contributed by atoms with E-state index in [1.54, 1.807) is 37.4 Å². The zero-order valence-electron chi connectivity index (χ0n) is 21.3. The highest BCUT2D eigenvalue weighted by atomic mass is 35.5. The molecule has 38 heavy (non-hydrogen) atoms. The molecule has 3 aromatic carbocycles. The van der Waals surface area contributed by atoms with Crippen LogP contribution in [0.15, 0.2) is 66.7 Å². The number of nitrogens with zero attached hydrogens (tertiary/aromatic N) is 1. The maximum absolute atomic E-state index is 13.4. The van der Waals surface area contributed by atoms with Crippen molar-refractivity contribution in [2.45, 2.75) is 38.4 Å². The van der Waals surface area contributed by atoms with E-state index in [0.717, 1.165) is 17.4 Å². The molecule has 204 valence electrons. The summed E-state index contributed by atoms with van der Waals surface area (Å²) in [6.07, 6.45) is -4.02. The minimum Gasteiger partial charge on any atom is -0.497 e. The molecular weight excluding hydrogens is 519 g/mol. The van der Waals surface area contributed by atoms with Gasteiger partial charge in [-0.15, -0.1) is 0 Å². The number of ether oxygens (including phenoxy) is 2. The van der Waals surface area contributed by atoms with Gasteiger partial charge in [-0.1, -0.05) is 54.9 Å². The van der Waals surface area contributed by atoms with Crippen LogP contribution in [0.3, 0.4) is 0 Å². The Balaban J connectivity index is 1.70. The SMILES string of the molecule is COc1ccc([C@H](C)CN(CCCOc2cccc(CC(=O)O)c2)Cc2cccc(C(F)(F)F)c2Cl)cc1. The van der Waals surface area contributed by atoms with E-state index in [9.17, 15) is 18.0 Å². The number of hydrogen-bond acceptors (Lipinski definition) is 4. The number of alkyl halides is 3. The number of carbonyl (C=O) groups is 1. The second kappa shape index (κ2) is 13.5. The Kier molecular flexibility index (Phi) is 10.4. The first-order chi connectivity index (χ1) is 18.1. The lowest BCUT2D eigenvalue weighted by atomic mass is 10.00. The van der Waals surface area contributed by atoms with Crippen molar-refractivity contribution in [2.75, 3.05) is 26.8 Å². The van der Waals surface area contributed by atoms with E-state index < -0.39 is 17.7 Å². The normalized spacial score (nSPS) is 12.4. The van der Waals surface area contributed by atoms with Crippen molar-refractivity contribution in [1.29, 1.82) is 0 Å². The number of aliphatic carboxylic acids is 1. The summed E-state index contributed by atoms with van der Waals surface area (Å²) in [6.45, 7) is 3.82. The summed E-state index contributed by atoms with van der Waals surface area (Å²) in [5, 5.41) is 8.71. The number of methoxy groups -OCH3 is 1. The zero-order valence-corrected chi connectivity index (χ0v) is 22.1. The third-order valence-corrected chi connectivity index (χ3v) is 6.58. The van der Waals surface area contributed by atoms with Gasteiger partial charge >= 0.3 is 12.1 Å². The Morgan fingerprint density at radius 2 is 1.76 bits per heavy atom. The molecule has 0 saturated carbocycles. The van der Waals surface area contributed by atoms with Gasteiger partial charge in [0.1, 0.15) is 11.5 Å². The first-order valence-electron chi connectivity index (χ1n) is 12.2. The zero-order chi connectivity index (χ0) is 27.7. The smallest absolute Gasteiger partial charge is 0.417 e. The van der Waals surface area contributed by atoms with Gasteiger partial charge in [-0.3, -0.25) is 9.69 Å². The largest absolute Gasteiger partial charge is 0.497 e. The highest BCUT2D eigenvalue weighted by Gasteiger charge is 2.34. The predicted molar refractivity (Wildman–Crippen MR) is 141 cm³/mol. The van der Waals surface area contributed by atoms with Crippen LogP contribution in [-0.2, 0) is 23.9 Å². The van der Waals surface area contributed by atoms with Crippen LogP contribution in [0.1, 0.15) is 41.5 Å². The van der Waals surface area contributed by atoms with Gasteiger partial charge in [0, 0.05) is 19.6 Å². The Morgan fingerprint density at radius 3 is 2.42 bits per heavy atom. The van der Waals surface area contributed by atoms with E-state index in [1.165, 1.54) is 6.07 Å². The fraction of sp³-hybridized carbons (Fsp3) is 0.345. The number of benzene rings is 3. The molecule has 1 atom stereocenters. The van der Waals surface area contributed by atoms with Crippen LogP contribution >= 0.6 is 11.6 Å². The Hall–Kier alpha value is -3.23. The molecule has 0 bridgehead atoms. The Labute approximate surface area is 225 Å². The van der Waals surface area contributed by atoms with Crippen LogP contribution in [0.25, 0.3) is 0 Å². The highest BCUT2D eigenvalue weighted by Crippen LogP contribution is 2.36. The van der Waals surface area contributed by atoms with E-state index >= 15 is 0 Å². The van der Waals surface area contributed by atoms with Gasteiger partial charge in [-0.2, -0.15) is 13.2 Å². The van der Waals surface area contributed by atoms with Gasteiger partial charge in [-0.05, 0) is 59.4 Å². The van der Waals surface area contributed by atoms with Crippen LogP contribution in [0.5, 0.6) is 11.5 Å². The lowest BCUT2D eigenvalue weighted by Gasteiger charge is -2.27. The molecule has 0 saturated heterocycles. The molecule has 0 amide bonds. The molecule has 0 unspecified atom stereocenters. The lowest BCUT2D eigenvalue weighted by molar-refractivity contribution is -0.138. The molecule has 0 heterocycles. The first kappa shape index (κ1) is 29.3. The van der Waals surface area contributed by atoms with Crippen molar-refractivity contribution >= 4 is 17.6 Å².